The number of nitrogens with zero attached hydrogens (tertiary/aromatic N) is 2. The topological polar surface area (TPSA) is 6.48 Å². The third-order valence-electron chi connectivity index (χ3n) is 15.6. The molecule has 10 aromatic rings. The van der Waals surface area contributed by atoms with Crippen molar-refractivity contribution in [1.29, 1.82) is 0 Å². The summed E-state index contributed by atoms with van der Waals surface area (Å²) in [5.41, 5.74) is 17.8. The number of para-hydroxylation sites is 4. The number of hydrogen-bond acceptors (Lipinski definition) is 2. The van der Waals surface area contributed by atoms with E-state index >= 15 is 0 Å². The van der Waals surface area contributed by atoms with Crippen molar-refractivity contribution in [2.45, 2.75) is 89.9 Å². The zero-order valence-corrected chi connectivity index (χ0v) is 39.6. The monoisotopic (exact) mass is 880 g/mol. The van der Waals surface area contributed by atoms with Gasteiger partial charge in [-0.2, -0.15) is 0 Å². The van der Waals surface area contributed by atoms with Gasteiger partial charge < -0.3 is 9.80 Å². The van der Waals surface area contributed by atoms with Crippen LogP contribution in [0.1, 0.15) is 98.3 Å². The Kier molecular flexibility index (Phi) is 11.3. The van der Waals surface area contributed by atoms with Gasteiger partial charge in [-0.3, -0.25) is 0 Å². The summed E-state index contributed by atoms with van der Waals surface area (Å²) in [5, 5.41) is 8.29. The molecule has 0 N–H and O–H groups in total. The Morgan fingerprint density at radius 3 is 1.07 bits per heavy atom. The first-order chi connectivity index (χ1) is 33.6. The van der Waals surface area contributed by atoms with Gasteiger partial charge in [-0.05, 0) is 143 Å². The van der Waals surface area contributed by atoms with Gasteiger partial charge in [-0.25, -0.2) is 0 Å². The Balaban J connectivity index is 1.22. The van der Waals surface area contributed by atoms with Crippen molar-refractivity contribution in [2.75, 3.05) is 9.80 Å². The van der Waals surface area contributed by atoms with E-state index in [1.54, 1.807) is 0 Å². The van der Waals surface area contributed by atoms with E-state index in [2.05, 4.69) is 218 Å². The van der Waals surface area contributed by atoms with E-state index in [0.717, 1.165) is 0 Å². The van der Waals surface area contributed by atoms with Crippen LogP contribution in [0.4, 0.5) is 34.1 Å². The zero-order valence-electron chi connectivity index (χ0n) is 39.6. The van der Waals surface area contributed by atoms with Crippen LogP contribution in [0.5, 0.6) is 0 Å². The second-order valence-electron chi connectivity index (χ2n) is 19.7. The fraction of sp³-hybridized carbons (Fsp3) is 0.212. The smallest absolute Gasteiger partial charge is 0.0569 e. The van der Waals surface area contributed by atoms with E-state index in [-0.39, 0.29) is 0 Å². The zero-order chi connectivity index (χ0) is 45.6. The molecule has 68 heavy (non-hydrogen) atoms. The minimum atomic E-state index is 0.494. The van der Waals surface area contributed by atoms with Gasteiger partial charge in [-0.15, -0.1) is 0 Å². The minimum Gasteiger partial charge on any atom is -0.309 e. The molecular formula is C66H60N2. The molecule has 2 nitrogen and oxygen atoms in total. The van der Waals surface area contributed by atoms with Crippen LogP contribution in [0.25, 0.3) is 54.6 Å². The summed E-state index contributed by atoms with van der Waals surface area (Å²) in [5.74, 6) is 0.988. The van der Waals surface area contributed by atoms with Gasteiger partial charge in [0.25, 0.3) is 0 Å². The Morgan fingerprint density at radius 1 is 0.338 bits per heavy atom. The lowest BCUT2D eigenvalue weighted by molar-refractivity contribution is 0.445. The van der Waals surface area contributed by atoms with Crippen molar-refractivity contribution in [3.8, 4) is 22.3 Å². The molecule has 0 radical (unpaired) electrons. The predicted molar refractivity (Wildman–Crippen MR) is 292 cm³/mol. The van der Waals surface area contributed by atoms with E-state index in [0.29, 0.717) is 11.8 Å². The molecular weight excluding hydrogens is 821 g/mol. The summed E-state index contributed by atoms with van der Waals surface area (Å²) in [7, 11) is 0. The molecule has 0 atom stereocenters. The molecule has 2 saturated carbocycles. The van der Waals surface area contributed by atoms with Gasteiger partial charge in [0.05, 0.1) is 22.7 Å². The Hall–Kier alpha value is -7.16. The van der Waals surface area contributed by atoms with Crippen molar-refractivity contribution in [1.82, 2.24) is 0 Å². The van der Waals surface area contributed by atoms with Crippen molar-refractivity contribution in [3.05, 3.63) is 216 Å². The maximum absolute atomic E-state index is 2.63. The average Bonchev–Trinajstić information content (AvgIpc) is 3.41. The van der Waals surface area contributed by atoms with Crippen molar-refractivity contribution < 1.29 is 0 Å². The summed E-state index contributed by atoms with van der Waals surface area (Å²) in [6.45, 7) is 4.59. The van der Waals surface area contributed by atoms with Gasteiger partial charge in [0.15, 0.2) is 0 Å². The highest BCUT2D eigenvalue weighted by Gasteiger charge is 2.31. The molecule has 0 spiro atoms. The summed E-state index contributed by atoms with van der Waals surface area (Å²) in [4.78, 5) is 5.24. The second-order valence-corrected chi connectivity index (χ2v) is 19.7. The molecule has 10 aromatic carbocycles. The number of rotatable bonds is 10. The van der Waals surface area contributed by atoms with Crippen molar-refractivity contribution in [3.63, 3.8) is 0 Å². The number of hydrogen-bond donors (Lipinski definition) is 0. The molecule has 0 heterocycles. The van der Waals surface area contributed by atoms with E-state index in [1.807, 2.05) is 0 Å². The maximum Gasteiger partial charge on any atom is 0.0569 e. The quantitative estimate of drug-likeness (QED) is 0.126. The lowest BCUT2D eigenvalue weighted by atomic mass is 9.77. The Labute approximate surface area is 402 Å². The minimum absolute atomic E-state index is 0.494. The Morgan fingerprint density at radius 2 is 0.691 bits per heavy atom. The van der Waals surface area contributed by atoms with Gasteiger partial charge in [0.1, 0.15) is 0 Å². The van der Waals surface area contributed by atoms with Crippen LogP contribution in [0.3, 0.4) is 0 Å². The molecule has 0 amide bonds. The van der Waals surface area contributed by atoms with Crippen molar-refractivity contribution >= 4 is 66.4 Å². The molecule has 2 heteroatoms. The van der Waals surface area contributed by atoms with Crippen LogP contribution in [-0.4, -0.2) is 0 Å². The first-order valence-corrected chi connectivity index (χ1v) is 25.4. The largest absolute Gasteiger partial charge is 0.309 e. The van der Waals surface area contributed by atoms with Gasteiger partial charge in [-0.1, -0.05) is 196 Å². The normalized spacial score (nSPS) is 14.8. The van der Waals surface area contributed by atoms with E-state index in [1.165, 1.54) is 175 Å². The molecule has 0 aromatic heterocycles. The summed E-state index contributed by atoms with van der Waals surface area (Å²) >= 11 is 0. The van der Waals surface area contributed by atoms with Crippen LogP contribution in [-0.2, 0) is 0 Å². The van der Waals surface area contributed by atoms with Crippen molar-refractivity contribution in [2.24, 2.45) is 0 Å². The first kappa shape index (κ1) is 42.2. The SMILES string of the molecule is Cc1cccc(-c2ccccc2)c1N(c1ccccc1)c1cc(C2CCCCC2)c2ccc3c(N(c4ccccc4)c4c(C)cccc4-c4ccccc4)cc(C4CCCCC4)c4ccc1c2c43. The summed E-state index contributed by atoms with van der Waals surface area (Å²) in [6.07, 6.45) is 12.7. The van der Waals surface area contributed by atoms with Crippen LogP contribution in [0.15, 0.2) is 194 Å². The number of aryl methyl sites for hydroxylation is 2. The lowest BCUT2D eigenvalue weighted by Crippen LogP contribution is -2.16. The highest BCUT2D eigenvalue weighted by atomic mass is 15.2. The molecule has 0 saturated heterocycles. The number of anilines is 6. The molecule has 0 aliphatic heterocycles. The fourth-order valence-corrected chi connectivity index (χ4v) is 12.4. The molecule has 334 valence electrons. The second kappa shape index (κ2) is 18.1. The summed E-state index contributed by atoms with van der Waals surface area (Å²) < 4.78 is 0. The van der Waals surface area contributed by atoms with Crippen LogP contribution in [0.2, 0.25) is 0 Å². The van der Waals surface area contributed by atoms with Crippen LogP contribution >= 0.6 is 0 Å². The molecule has 0 bridgehead atoms. The van der Waals surface area contributed by atoms with Crippen LogP contribution in [0, 0.1) is 13.8 Å². The lowest BCUT2D eigenvalue weighted by Gasteiger charge is -2.35. The maximum atomic E-state index is 2.63. The van der Waals surface area contributed by atoms with Gasteiger partial charge >= 0.3 is 0 Å². The van der Waals surface area contributed by atoms with Crippen LogP contribution < -0.4 is 9.80 Å². The third-order valence-corrected chi connectivity index (χ3v) is 15.6. The molecule has 2 aliphatic rings. The third kappa shape index (κ3) is 7.42. The molecule has 12 rings (SSSR count). The van der Waals surface area contributed by atoms with E-state index in [4.69, 9.17) is 0 Å². The first-order valence-electron chi connectivity index (χ1n) is 25.4. The fourth-order valence-electron chi connectivity index (χ4n) is 12.4. The molecule has 0 unspecified atom stereocenters. The van der Waals surface area contributed by atoms with Gasteiger partial charge in [0.2, 0.25) is 0 Å². The summed E-state index contributed by atoms with van der Waals surface area (Å²) in [6, 6.07) is 73.4. The van der Waals surface area contributed by atoms with Gasteiger partial charge in [0, 0.05) is 33.3 Å². The molecule has 2 aliphatic carbocycles. The Bertz CT molecular complexity index is 3140. The van der Waals surface area contributed by atoms with E-state index in [9.17, 15) is 0 Å². The average molecular weight is 881 g/mol. The highest BCUT2D eigenvalue weighted by molar-refractivity contribution is 6.29. The predicted octanol–water partition coefficient (Wildman–Crippen LogP) is 19.6. The number of benzene rings is 10. The van der Waals surface area contributed by atoms with E-state index < -0.39 is 0 Å². The molecule has 2 fully saturated rings. The highest BCUT2D eigenvalue weighted by Crippen LogP contribution is 2.55. The standard InChI is InChI=1S/C66H60N2/c1-45-23-21-37-53(47-25-9-3-10-26-47)65(45)67(51-33-17-7-18-34-51)61-43-59(49-29-13-5-14-30-49)55-40-42-58-62(44-60(50-31-15-6-16-32-50)56-39-41-57(61)63(55)64(56)58)68(52-35-19-8-20-36-52)66-46(2)24-22-38-54(66)48-27-11-4-12-28-48/h3-4,7-12,17-28,33-44,49-50H,5-6,13-16,29-32H2,1-2H3.